The summed E-state index contributed by atoms with van der Waals surface area (Å²) in [6.07, 6.45) is 0. The molecule has 2 aromatic rings. The summed E-state index contributed by atoms with van der Waals surface area (Å²) in [5, 5.41) is 47.0. The molecule has 36 heavy (non-hydrogen) atoms. The first-order valence-electron chi connectivity index (χ1n) is 7.56. The van der Waals surface area contributed by atoms with Gasteiger partial charge in [0, 0.05) is 11.1 Å². The second-order valence-corrected chi connectivity index (χ2v) is 8.73. The molecule has 0 spiro atoms. The molecule has 0 unspecified atom stereocenters. The molecule has 22 heteroatoms. The van der Waals surface area contributed by atoms with Crippen molar-refractivity contribution in [2.45, 2.75) is 9.79 Å². The fourth-order valence-electron chi connectivity index (χ4n) is 3.06. The van der Waals surface area contributed by atoms with Crippen molar-refractivity contribution in [3.8, 4) is 11.5 Å². The molecule has 0 bridgehead atoms. The van der Waals surface area contributed by atoms with E-state index < -0.39 is 96.6 Å². The molecule has 0 saturated heterocycles. The molecule has 0 radical (unpaired) electrons. The Morgan fingerprint density at radius 1 is 0.611 bits per heavy atom. The van der Waals surface area contributed by atoms with E-state index in [0.29, 0.717) is 0 Å². The van der Waals surface area contributed by atoms with Crippen LogP contribution in [0.3, 0.4) is 0 Å². The number of nitrogens with zero attached hydrogens (tertiary/aromatic N) is 2. The van der Waals surface area contributed by atoms with Crippen LogP contribution in [0.4, 0.5) is 11.4 Å². The molecular formula is C14H2K4N2O14S2. The SMILES string of the molecule is O=C1c2cc(S(=O)(=O)[O-])c([O-])c([N+](=O)[O-])c2C(=O)c2cc(S(=O)(=O)[O-])c([O-])c([N+](=O)[O-])c21.[K+].[K+].[K+].[K+]. The first-order chi connectivity index (χ1) is 14.5. The molecule has 0 aromatic heterocycles. The van der Waals surface area contributed by atoms with E-state index in [9.17, 15) is 66.0 Å². The number of hydrogen-bond acceptors (Lipinski definition) is 14. The monoisotopic (exact) mass is 642 g/mol. The Kier molecular flexibility index (Phi) is 16.5. The smallest absolute Gasteiger partial charge is 0.867 e. The molecule has 0 fully saturated rings. The van der Waals surface area contributed by atoms with Crippen molar-refractivity contribution in [1.82, 2.24) is 0 Å². The van der Waals surface area contributed by atoms with Crippen molar-refractivity contribution >= 4 is 43.2 Å². The van der Waals surface area contributed by atoms with E-state index in [1.165, 1.54) is 0 Å². The number of nitro benzene ring substituents is 2. The zero-order valence-corrected chi connectivity index (χ0v) is 32.7. The number of rotatable bonds is 4. The van der Waals surface area contributed by atoms with Crippen molar-refractivity contribution in [3.63, 3.8) is 0 Å². The van der Waals surface area contributed by atoms with Gasteiger partial charge in [-0.25, -0.2) is 16.8 Å². The Morgan fingerprint density at radius 3 is 1.06 bits per heavy atom. The summed E-state index contributed by atoms with van der Waals surface area (Å²) in [5.41, 5.74) is -9.14. The summed E-state index contributed by atoms with van der Waals surface area (Å²) in [5.74, 6) is -7.72. The molecule has 3 rings (SSSR count). The van der Waals surface area contributed by atoms with Gasteiger partial charge < -0.3 is 19.3 Å². The minimum atomic E-state index is -5.75. The molecule has 168 valence electrons. The largest absolute Gasteiger partial charge is 1.00 e. The number of carbonyl (C=O) groups is 2. The Bertz CT molecular complexity index is 1420. The molecule has 2 aromatic carbocycles. The van der Waals surface area contributed by atoms with Gasteiger partial charge in [-0.3, -0.25) is 29.8 Å². The Balaban J connectivity index is 0. The fourth-order valence-corrected chi connectivity index (χ4v) is 4.23. The minimum Gasteiger partial charge on any atom is -0.867 e. The maximum absolute atomic E-state index is 12.8. The Labute approximate surface area is 370 Å². The molecule has 0 aliphatic heterocycles. The van der Waals surface area contributed by atoms with Gasteiger partial charge in [0.25, 0.3) is 11.4 Å². The third-order valence-electron chi connectivity index (χ3n) is 4.29. The van der Waals surface area contributed by atoms with Gasteiger partial charge in [0.15, 0.2) is 0 Å². The van der Waals surface area contributed by atoms with Crippen LogP contribution < -0.4 is 216 Å². The van der Waals surface area contributed by atoms with E-state index in [4.69, 9.17) is 0 Å². The van der Waals surface area contributed by atoms with E-state index in [-0.39, 0.29) is 218 Å². The molecule has 1 aliphatic rings. The summed E-state index contributed by atoms with van der Waals surface area (Å²) in [6.45, 7) is 0. The van der Waals surface area contributed by atoms with Crippen molar-refractivity contribution in [2.75, 3.05) is 0 Å². The first-order valence-corrected chi connectivity index (χ1v) is 10.4. The quantitative estimate of drug-likeness (QED) is 0.111. The van der Waals surface area contributed by atoms with Gasteiger partial charge in [-0.15, -0.1) is 0 Å². The molecule has 1 aliphatic carbocycles. The number of nitro groups is 2. The van der Waals surface area contributed by atoms with Crippen molar-refractivity contribution in [2.24, 2.45) is 0 Å². The molecule has 0 N–H and O–H groups in total. The van der Waals surface area contributed by atoms with Gasteiger partial charge in [0.2, 0.25) is 11.6 Å². The number of ketones is 2. The number of benzene rings is 2. The zero-order valence-electron chi connectivity index (χ0n) is 18.6. The predicted octanol–water partition coefficient (Wildman–Crippen LogP) is -13.8. The van der Waals surface area contributed by atoms with E-state index >= 15 is 0 Å². The molecule has 0 atom stereocenters. The van der Waals surface area contributed by atoms with Gasteiger partial charge in [0.05, 0.1) is 19.6 Å². The average Bonchev–Trinajstić information content (AvgIpc) is 2.62. The number of hydrogen-bond donors (Lipinski definition) is 0. The second kappa shape index (κ2) is 14.6. The third-order valence-corrected chi connectivity index (χ3v) is 5.97. The summed E-state index contributed by atoms with van der Waals surface area (Å²) >= 11 is 0. The molecule has 16 nitrogen and oxygen atoms in total. The number of fused-ring (bicyclic) bond motifs is 2. The second-order valence-electron chi connectivity index (χ2n) is 6.03. The maximum Gasteiger partial charge on any atom is 1.00 e. The van der Waals surface area contributed by atoms with Crippen LogP contribution in [-0.4, -0.2) is 47.4 Å². The van der Waals surface area contributed by atoms with Crippen molar-refractivity contribution in [3.05, 3.63) is 54.6 Å². The van der Waals surface area contributed by atoms with Crippen LogP contribution in [0.15, 0.2) is 21.9 Å². The molecule has 0 saturated carbocycles. The van der Waals surface area contributed by atoms with E-state index in [1.807, 2.05) is 0 Å². The fraction of sp³-hybridized carbons (Fsp3) is 0. The Hall–Kier alpha value is 2.55. The minimum absolute atomic E-state index is 0. The van der Waals surface area contributed by atoms with Gasteiger partial charge in [-0.1, -0.05) is 0 Å². The molecular weight excluding hydrogens is 641 g/mol. The molecule has 0 amide bonds. The van der Waals surface area contributed by atoms with E-state index in [2.05, 4.69) is 0 Å². The van der Waals surface area contributed by atoms with Gasteiger partial charge in [-0.05, 0) is 23.6 Å². The summed E-state index contributed by atoms with van der Waals surface area (Å²) in [7, 11) is -11.5. The third kappa shape index (κ3) is 7.48. The van der Waals surface area contributed by atoms with Crippen LogP contribution in [0.1, 0.15) is 31.8 Å². The van der Waals surface area contributed by atoms with Crippen LogP contribution >= 0.6 is 0 Å². The zero-order chi connectivity index (χ0) is 24.5. The standard InChI is InChI=1S/C14H6N2O14S2.4K/c17-11-3-1-5(31(25,26)27)13(19)9(15(21)22)7(3)12(18)4-2-6(32(28,29)30)14(20)10(8(4)11)16(23)24;;;;/h1-2,19-20H,(H,25,26,27)(H,28,29,30);;;;/q;4*+1/p-4. The van der Waals surface area contributed by atoms with E-state index in [0.717, 1.165) is 0 Å². The summed E-state index contributed by atoms with van der Waals surface area (Å²) in [4.78, 5) is 41.4. The average molecular weight is 643 g/mol. The van der Waals surface area contributed by atoms with Crippen LogP contribution in [0, 0.1) is 20.2 Å². The van der Waals surface area contributed by atoms with Crippen LogP contribution in [0.5, 0.6) is 11.5 Å². The van der Waals surface area contributed by atoms with Crippen LogP contribution in [0.25, 0.3) is 0 Å². The Morgan fingerprint density at radius 2 is 0.861 bits per heavy atom. The van der Waals surface area contributed by atoms with Gasteiger partial charge >= 0.3 is 206 Å². The van der Waals surface area contributed by atoms with Crippen LogP contribution in [0.2, 0.25) is 0 Å². The van der Waals surface area contributed by atoms with Crippen molar-refractivity contribution < 1.29 is 261 Å². The predicted molar refractivity (Wildman–Crippen MR) is 87.9 cm³/mol. The topological polar surface area (TPSA) is 281 Å². The normalized spacial score (nSPS) is 11.9. The van der Waals surface area contributed by atoms with Crippen LogP contribution in [-0.2, 0) is 20.2 Å². The van der Waals surface area contributed by atoms with Crippen molar-refractivity contribution in [1.29, 1.82) is 0 Å². The summed E-state index contributed by atoms with van der Waals surface area (Å²) in [6, 6.07) is -0.0226. The number of carbonyl (C=O) groups excluding carboxylic acids is 2. The molecule has 0 heterocycles. The van der Waals surface area contributed by atoms with E-state index in [1.54, 1.807) is 0 Å². The first kappa shape index (κ1) is 40.7. The van der Waals surface area contributed by atoms with Gasteiger partial charge in [0.1, 0.15) is 31.4 Å². The maximum atomic E-state index is 12.8. The summed E-state index contributed by atoms with van der Waals surface area (Å²) < 4.78 is 67.8. The van der Waals surface area contributed by atoms with Gasteiger partial charge in [-0.2, -0.15) is 0 Å².